The van der Waals surface area contributed by atoms with Gasteiger partial charge in [0, 0.05) is 86.3 Å². The maximum Gasteiger partial charge on any atom is 0.415 e. The number of carbonyl (C=O) groups excluding carboxylic acids is 6. The maximum absolute atomic E-state index is 13.9. The smallest absolute Gasteiger partial charge is 0.415 e. The number of nitrogens with one attached hydrogen (secondary N) is 2. The van der Waals surface area contributed by atoms with Crippen LogP contribution >= 0.6 is 23.1 Å². The van der Waals surface area contributed by atoms with Crippen LogP contribution in [-0.4, -0.2) is 140 Å². The Morgan fingerprint density at radius 1 is 0.824 bits per heavy atom. The first-order chi connectivity index (χ1) is 40.2. The van der Waals surface area contributed by atoms with E-state index < -0.39 is 34.7 Å². The number of Topliss-reactive ketones (excluding diaryl/α,β-unsaturated/α-hetero) is 2. The summed E-state index contributed by atoms with van der Waals surface area (Å²) < 4.78 is 6.62. The lowest BCUT2D eigenvalue weighted by Gasteiger charge is -2.61. The molecule has 85 heavy (non-hydrogen) atoms. The number of aliphatic hydroxyl groups is 1. The van der Waals surface area contributed by atoms with E-state index in [1.807, 2.05) is 0 Å². The Morgan fingerprint density at radius 3 is 2.28 bits per heavy atom. The summed E-state index contributed by atoms with van der Waals surface area (Å²) in [5, 5.41) is 36.1. The van der Waals surface area contributed by atoms with Gasteiger partial charge in [-0.2, -0.15) is 0 Å². The van der Waals surface area contributed by atoms with Crippen molar-refractivity contribution in [2.75, 3.05) is 39.8 Å². The number of carboxylic acid groups (broad SMARTS) is 2. The highest BCUT2D eigenvalue weighted by molar-refractivity contribution is 8.16. The van der Waals surface area contributed by atoms with Crippen molar-refractivity contribution in [2.24, 2.45) is 56.7 Å². The fraction of sp³-hybridized carbons (Fsp3) is 0.692. The third-order valence-corrected chi connectivity index (χ3v) is 23.3. The van der Waals surface area contributed by atoms with Crippen molar-refractivity contribution in [3.63, 3.8) is 0 Å². The standard InChI is InChI=1S/C65H92N6O12S2/c1-37(45-21-22-46-44-20-18-41-33-42(72)25-27-64(41,7)47(44)26-28-65(45,46)8)17-24-53(74)68-49(60(78)79)15-12-13-29-66-52(73)16-11-10-14-30-71(32-31-70(9)54(75)35-63(5,6)55-40(4)56(76)38(2)39(3)57(55)77)62(82)83-43-19-23-48-50(34-43)84-59(69-48)58-67-36-51(85-58)61(80)81/h19,23,34,37,41-42,44-47,49,51,72H,10-18,20-22,24-33,35-36H2,1-9H3,(H,66,73)(H,68,74)(H,78,79)(H,80,81)/t37-,41-,42-,44+,45-,46+,47+,49?,51?,64+,65-/m1/s1. The average Bonchev–Trinajstić information content (AvgIpc) is 1.75. The summed E-state index contributed by atoms with van der Waals surface area (Å²) in [5.74, 6) is 0.875. The number of aliphatic hydroxyl groups excluding tert-OH is 1. The number of aliphatic imine (C=N–C) groups is 1. The van der Waals surface area contributed by atoms with E-state index >= 15 is 0 Å². The average molecular weight is 1210 g/mol. The molecule has 1 aliphatic heterocycles. The van der Waals surface area contributed by atoms with Crippen molar-refractivity contribution in [1.29, 1.82) is 0 Å². The monoisotopic (exact) mass is 1210 g/mol. The lowest BCUT2D eigenvalue weighted by Crippen LogP contribution is -2.54. The molecule has 1 aromatic heterocycles. The van der Waals surface area contributed by atoms with Gasteiger partial charge in [0.2, 0.25) is 17.7 Å². The van der Waals surface area contributed by atoms with Gasteiger partial charge >= 0.3 is 18.0 Å². The Labute approximate surface area is 509 Å². The minimum atomic E-state index is -1.07. The van der Waals surface area contributed by atoms with Gasteiger partial charge in [-0.25, -0.2) is 14.6 Å². The first kappa shape index (κ1) is 65.5. The molecule has 4 amide bonds. The Bertz CT molecular complexity index is 2990. The van der Waals surface area contributed by atoms with Gasteiger partial charge in [0.1, 0.15) is 27.1 Å². The highest BCUT2D eigenvalue weighted by Crippen LogP contribution is 2.68. The topological polar surface area (TPSA) is 262 Å². The molecule has 0 radical (unpaired) electrons. The molecule has 0 saturated heterocycles. The summed E-state index contributed by atoms with van der Waals surface area (Å²) in [5.41, 5.74) is 1.72. The molecular formula is C65H92N6O12S2. The number of carboxylic acids is 2. The van der Waals surface area contributed by atoms with Gasteiger partial charge in [0.15, 0.2) is 11.6 Å². The maximum atomic E-state index is 13.9. The molecule has 466 valence electrons. The van der Waals surface area contributed by atoms with Crippen molar-refractivity contribution in [1.82, 2.24) is 25.4 Å². The number of ether oxygens (including phenoxy) is 1. The number of unbranched alkanes of at least 4 members (excludes halogenated alkanes) is 3. The number of nitrogens with zero attached hydrogens (tertiary/aromatic N) is 4. The molecule has 11 atom stereocenters. The van der Waals surface area contributed by atoms with Gasteiger partial charge in [-0.15, -0.1) is 11.3 Å². The van der Waals surface area contributed by atoms with Crippen LogP contribution in [0.15, 0.2) is 45.5 Å². The number of hydrogen-bond acceptors (Lipinski definition) is 14. The van der Waals surface area contributed by atoms with Crippen molar-refractivity contribution in [3.05, 3.63) is 45.5 Å². The van der Waals surface area contributed by atoms with Gasteiger partial charge in [0.05, 0.1) is 22.9 Å². The van der Waals surface area contributed by atoms with E-state index in [4.69, 9.17) is 4.74 Å². The van der Waals surface area contributed by atoms with E-state index in [2.05, 4.69) is 41.4 Å². The number of thioether (sulfide) groups is 1. The fourth-order valence-corrected chi connectivity index (χ4v) is 17.9. The van der Waals surface area contributed by atoms with Gasteiger partial charge in [-0.1, -0.05) is 52.8 Å². The Morgan fingerprint density at radius 2 is 1.55 bits per heavy atom. The summed E-state index contributed by atoms with van der Waals surface area (Å²) in [6, 6.07) is 4.03. The Balaban J connectivity index is 0.764. The number of ketones is 2. The molecule has 5 aliphatic carbocycles. The fourth-order valence-electron chi connectivity index (χ4n) is 15.9. The van der Waals surface area contributed by atoms with Gasteiger partial charge < -0.3 is 40.5 Å². The van der Waals surface area contributed by atoms with Crippen molar-refractivity contribution in [2.45, 2.75) is 195 Å². The van der Waals surface area contributed by atoms with Gasteiger partial charge in [0.25, 0.3) is 0 Å². The lowest BCUT2D eigenvalue weighted by molar-refractivity contribution is -0.142. The molecule has 5 N–H and O–H groups in total. The van der Waals surface area contributed by atoms with E-state index in [-0.39, 0.29) is 92.0 Å². The molecule has 0 bridgehead atoms. The Hall–Kier alpha value is -5.47. The third kappa shape index (κ3) is 14.9. The quantitative estimate of drug-likeness (QED) is 0.0434. The number of likely N-dealkylation sites (N-methyl/N-ethyl adjacent to an activating group) is 1. The molecular weight excluding hydrogens is 1120 g/mol. The second-order valence-corrected chi connectivity index (χ2v) is 29.0. The van der Waals surface area contributed by atoms with Gasteiger partial charge in [-0.3, -0.25) is 33.8 Å². The summed E-state index contributed by atoms with van der Waals surface area (Å²) in [6.07, 6.45) is 13.8. The zero-order valence-electron chi connectivity index (χ0n) is 51.5. The number of fused-ring (bicyclic) bond motifs is 6. The first-order valence-electron chi connectivity index (χ1n) is 31.2. The third-order valence-electron chi connectivity index (χ3n) is 21.0. The van der Waals surface area contributed by atoms with E-state index in [1.54, 1.807) is 59.9 Å². The predicted molar refractivity (Wildman–Crippen MR) is 329 cm³/mol. The van der Waals surface area contributed by atoms with E-state index in [1.165, 1.54) is 59.7 Å². The van der Waals surface area contributed by atoms with Crippen LogP contribution in [-0.2, 0) is 33.6 Å². The first-order valence-corrected chi connectivity index (χ1v) is 32.9. The van der Waals surface area contributed by atoms with Crippen molar-refractivity contribution >= 4 is 85.7 Å². The number of allylic oxidation sites excluding steroid dienone is 4. The molecule has 2 heterocycles. The molecule has 20 heteroatoms. The number of thiazole rings is 1. The largest absolute Gasteiger partial charge is 0.480 e. The van der Waals surface area contributed by atoms with Crippen LogP contribution in [0.5, 0.6) is 5.75 Å². The van der Waals surface area contributed by atoms with Crippen LogP contribution in [0.25, 0.3) is 10.2 Å². The van der Waals surface area contributed by atoms with E-state index in [0.29, 0.717) is 117 Å². The van der Waals surface area contributed by atoms with E-state index in [9.17, 15) is 53.7 Å². The second kappa shape index (κ2) is 27.7. The normalized spacial score (nSPS) is 27.4. The summed E-state index contributed by atoms with van der Waals surface area (Å²) in [7, 11) is 1.62. The molecule has 6 aliphatic rings. The number of benzene rings is 1. The van der Waals surface area contributed by atoms with Crippen LogP contribution in [0.4, 0.5) is 4.79 Å². The number of amides is 4. The number of carbonyl (C=O) groups is 8. The van der Waals surface area contributed by atoms with Crippen LogP contribution in [0.1, 0.15) is 182 Å². The molecule has 2 unspecified atom stereocenters. The van der Waals surface area contributed by atoms with Crippen LogP contribution in [0.3, 0.4) is 0 Å². The summed E-state index contributed by atoms with van der Waals surface area (Å²) >= 11 is 2.46. The number of aromatic nitrogens is 1. The van der Waals surface area contributed by atoms with Crippen LogP contribution in [0, 0.1) is 51.8 Å². The minimum Gasteiger partial charge on any atom is -0.480 e. The molecule has 8 rings (SSSR count). The molecule has 2 aromatic rings. The number of aliphatic carboxylic acids is 2. The Kier molecular flexibility index (Phi) is 21.4. The highest BCUT2D eigenvalue weighted by Gasteiger charge is 2.60. The number of rotatable bonds is 26. The highest BCUT2D eigenvalue weighted by atomic mass is 32.2. The molecule has 4 fully saturated rings. The zero-order chi connectivity index (χ0) is 61.7. The summed E-state index contributed by atoms with van der Waals surface area (Å²) in [6.45, 7) is 16.8. The SMILES string of the molecule is CC1=C(C)C(=O)C(C(C)(C)CC(=O)N(C)CCN(CCCCCC(=O)NCCCCC(NC(=O)CC[C@@H](C)[C@H]2CC[C@H]3[C@@H]4CC[C@@H]5C[C@H](O)CC[C@]5(C)[C@H]4CC[C@]23C)C(=O)O)C(=O)Oc2ccc3nc(C4=NCC(C(=O)O)S4)sc3c2)=C(C)C1=O. The second-order valence-electron chi connectivity index (χ2n) is 26.8. The van der Waals surface area contributed by atoms with Crippen molar-refractivity contribution < 1.29 is 58.4 Å². The van der Waals surface area contributed by atoms with Crippen molar-refractivity contribution in [3.8, 4) is 5.75 Å². The van der Waals surface area contributed by atoms with Crippen LogP contribution < -0.4 is 15.4 Å². The molecule has 4 saturated carbocycles. The van der Waals surface area contributed by atoms with Gasteiger partial charge in [-0.05, 0) is 176 Å². The molecule has 1 aromatic carbocycles. The molecule has 18 nitrogen and oxygen atoms in total. The predicted octanol–water partition coefficient (Wildman–Crippen LogP) is 10.6. The lowest BCUT2D eigenvalue weighted by atomic mass is 9.44. The number of hydrogen-bond donors (Lipinski definition) is 5. The molecule has 0 spiro atoms. The summed E-state index contributed by atoms with van der Waals surface area (Å²) in [4.78, 5) is 116. The van der Waals surface area contributed by atoms with E-state index in [0.717, 1.165) is 49.3 Å². The zero-order valence-corrected chi connectivity index (χ0v) is 53.2. The minimum absolute atomic E-state index is 0.0517. The van der Waals surface area contributed by atoms with Crippen LogP contribution in [0.2, 0.25) is 0 Å².